The summed E-state index contributed by atoms with van der Waals surface area (Å²) < 4.78 is 106. The quantitative estimate of drug-likeness (QED) is 0.0214. The SMILES string of the molecule is COCCOCCOCCOCCOCCOCCOc1cc(CCCOc2ccc(C[C@H]3CN(CC(=O)O)CCN(CC(=O)O)CCN(CC(=O)O)CCN3CC(=O)O)cc2)ccc1C(=O)Oc1c(F)c(F)cc(F)c1F. The number of ether oxygens (including phenoxy) is 9. The van der Waals surface area contributed by atoms with E-state index in [1.54, 1.807) is 51.0 Å². The van der Waals surface area contributed by atoms with Gasteiger partial charge in [-0.15, -0.1) is 0 Å². The van der Waals surface area contributed by atoms with Gasteiger partial charge in [0.05, 0.1) is 105 Å². The monoisotopic (exact) mass is 1110 g/mol. The lowest BCUT2D eigenvalue weighted by Gasteiger charge is -2.37. The fourth-order valence-corrected chi connectivity index (χ4v) is 7.95. The summed E-state index contributed by atoms with van der Waals surface area (Å²) in [6.07, 6.45) is 1.08. The molecule has 0 spiro atoms. The predicted octanol–water partition coefficient (Wildman–Crippen LogP) is 3.05. The third-order valence-electron chi connectivity index (χ3n) is 11.8. The molecule has 22 nitrogen and oxygen atoms in total. The van der Waals surface area contributed by atoms with Crippen LogP contribution in [0.5, 0.6) is 17.2 Å². The Labute approximate surface area is 449 Å². The number of esters is 1. The maximum absolute atomic E-state index is 14.5. The maximum Gasteiger partial charge on any atom is 0.347 e. The lowest BCUT2D eigenvalue weighted by molar-refractivity contribution is -0.142. The molecular weight excluding hydrogens is 1040 g/mol. The van der Waals surface area contributed by atoms with E-state index in [1.807, 2.05) is 0 Å². The molecule has 26 heteroatoms. The Kier molecular flexibility index (Phi) is 29.9. The number of methoxy groups -OCH3 is 1. The van der Waals surface area contributed by atoms with E-state index in [9.17, 15) is 62.0 Å². The van der Waals surface area contributed by atoms with Crippen LogP contribution in [0.1, 0.15) is 27.9 Å². The number of aryl methyl sites for hydroxylation is 1. The minimum atomic E-state index is -1.90. The summed E-state index contributed by atoms with van der Waals surface area (Å²) in [5.41, 5.74) is 1.10. The number of hydrogen-bond acceptors (Lipinski definition) is 18. The van der Waals surface area contributed by atoms with Gasteiger partial charge in [-0.3, -0.25) is 38.8 Å². The molecule has 3 aromatic rings. The molecule has 1 aliphatic rings. The van der Waals surface area contributed by atoms with E-state index >= 15 is 0 Å². The summed E-state index contributed by atoms with van der Waals surface area (Å²) >= 11 is 0. The lowest BCUT2D eigenvalue weighted by Crippen LogP contribution is -2.53. The second-order valence-electron chi connectivity index (χ2n) is 17.7. The lowest BCUT2D eigenvalue weighted by atomic mass is 10.0. The molecular formula is C52H70F4N4O18. The number of rotatable bonds is 36. The van der Waals surface area contributed by atoms with Crippen molar-refractivity contribution >= 4 is 29.8 Å². The van der Waals surface area contributed by atoms with Gasteiger partial charge >= 0.3 is 29.8 Å². The van der Waals surface area contributed by atoms with Crippen LogP contribution in [0, 0.1) is 23.3 Å². The number of carboxylic acid groups (broad SMARTS) is 4. The van der Waals surface area contributed by atoms with Crippen LogP contribution in [0.15, 0.2) is 48.5 Å². The first-order chi connectivity index (χ1) is 37.5. The zero-order valence-corrected chi connectivity index (χ0v) is 43.6. The van der Waals surface area contributed by atoms with E-state index in [4.69, 9.17) is 42.6 Å². The van der Waals surface area contributed by atoms with Gasteiger partial charge < -0.3 is 63.1 Å². The Morgan fingerprint density at radius 1 is 0.526 bits per heavy atom. The zero-order chi connectivity index (χ0) is 56.7. The molecule has 1 atom stereocenters. The number of benzene rings is 3. The third kappa shape index (κ3) is 25.2. The van der Waals surface area contributed by atoms with Gasteiger partial charge in [-0.1, -0.05) is 18.2 Å². The van der Waals surface area contributed by atoms with Crippen molar-refractivity contribution in [1.29, 1.82) is 0 Å². The zero-order valence-electron chi connectivity index (χ0n) is 43.6. The van der Waals surface area contributed by atoms with Crippen LogP contribution >= 0.6 is 0 Å². The highest BCUT2D eigenvalue weighted by Crippen LogP contribution is 2.30. The van der Waals surface area contributed by atoms with Gasteiger partial charge in [0, 0.05) is 65.0 Å². The summed E-state index contributed by atoms with van der Waals surface area (Å²) in [7, 11) is 1.59. The fourth-order valence-electron chi connectivity index (χ4n) is 7.95. The molecule has 1 saturated heterocycles. The van der Waals surface area contributed by atoms with Crippen LogP contribution in [0.3, 0.4) is 0 Å². The summed E-state index contributed by atoms with van der Waals surface area (Å²) in [5, 5.41) is 38.8. The molecule has 0 unspecified atom stereocenters. The molecule has 4 N–H and O–H groups in total. The molecule has 0 radical (unpaired) electrons. The molecule has 0 saturated carbocycles. The van der Waals surface area contributed by atoms with Crippen molar-refractivity contribution in [1.82, 2.24) is 19.6 Å². The Morgan fingerprint density at radius 3 is 1.50 bits per heavy atom. The summed E-state index contributed by atoms with van der Waals surface area (Å²) in [6.45, 7) is 3.41. The van der Waals surface area contributed by atoms with Gasteiger partial charge in [0.25, 0.3) is 0 Å². The van der Waals surface area contributed by atoms with Crippen molar-refractivity contribution in [3.63, 3.8) is 0 Å². The molecule has 1 aliphatic heterocycles. The van der Waals surface area contributed by atoms with Gasteiger partial charge in [-0.05, 0) is 54.7 Å². The van der Waals surface area contributed by atoms with E-state index in [0.29, 0.717) is 77.0 Å². The number of carboxylic acids is 4. The number of nitrogens with zero attached hydrogens (tertiary/aromatic N) is 4. The van der Waals surface area contributed by atoms with Crippen LogP contribution < -0.4 is 14.2 Å². The molecule has 1 heterocycles. The molecule has 78 heavy (non-hydrogen) atoms. The Bertz CT molecular complexity index is 2300. The molecule has 434 valence electrons. The first-order valence-electron chi connectivity index (χ1n) is 25.2. The van der Waals surface area contributed by atoms with E-state index in [1.165, 1.54) is 18.2 Å². The van der Waals surface area contributed by atoms with Crippen molar-refractivity contribution in [2.24, 2.45) is 0 Å². The van der Waals surface area contributed by atoms with Crippen molar-refractivity contribution in [3.05, 3.63) is 88.5 Å². The number of halogens is 4. The molecule has 0 amide bonds. The summed E-state index contributed by atoms with van der Waals surface area (Å²) in [6, 6.07) is 10.7. The van der Waals surface area contributed by atoms with Gasteiger partial charge in [-0.25, -0.2) is 13.6 Å². The van der Waals surface area contributed by atoms with E-state index in [0.717, 1.165) is 5.56 Å². The van der Waals surface area contributed by atoms with Gasteiger partial charge in [-0.2, -0.15) is 8.78 Å². The highest BCUT2D eigenvalue weighted by atomic mass is 19.2. The van der Waals surface area contributed by atoms with Gasteiger partial charge in [0.1, 0.15) is 23.7 Å². The first kappa shape index (κ1) is 64.5. The highest BCUT2D eigenvalue weighted by Gasteiger charge is 2.29. The van der Waals surface area contributed by atoms with Gasteiger partial charge in [0.2, 0.25) is 17.4 Å². The summed E-state index contributed by atoms with van der Waals surface area (Å²) in [5.74, 6) is -14.3. The van der Waals surface area contributed by atoms with Crippen LogP contribution in [-0.4, -0.2) is 241 Å². The molecule has 0 aliphatic carbocycles. The van der Waals surface area contributed by atoms with Crippen molar-refractivity contribution < 1.29 is 105 Å². The van der Waals surface area contributed by atoms with Crippen LogP contribution in [0.2, 0.25) is 0 Å². The first-order valence-corrected chi connectivity index (χ1v) is 25.2. The minimum Gasteiger partial charge on any atom is -0.494 e. The normalized spacial score (nSPS) is 15.3. The smallest absolute Gasteiger partial charge is 0.347 e. The van der Waals surface area contributed by atoms with Crippen LogP contribution in [0.4, 0.5) is 17.6 Å². The minimum absolute atomic E-state index is 0.0162. The molecule has 0 bridgehead atoms. The van der Waals surface area contributed by atoms with Crippen molar-refractivity contribution in [3.8, 4) is 17.2 Å². The van der Waals surface area contributed by atoms with E-state index in [2.05, 4.69) is 0 Å². The molecule has 1 fully saturated rings. The second-order valence-corrected chi connectivity index (χ2v) is 17.7. The average molecular weight is 1120 g/mol. The highest BCUT2D eigenvalue weighted by molar-refractivity contribution is 5.94. The molecule has 0 aromatic heterocycles. The van der Waals surface area contributed by atoms with E-state index < -0.39 is 78.0 Å². The maximum atomic E-state index is 14.5. The Hall–Kier alpha value is -6.07. The molecule has 4 rings (SSSR count). The van der Waals surface area contributed by atoms with Gasteiger partial charge in [0.15, 0.2) is 11.6 Å². The predicted molar refractivity (Wildman–Crippen MR) is 268 cm³/mol. The molecule has 3 aromatic carbocycles. The average Bonchev–Trinajstić information content (AvgIpc) is 3.40. The Morgan fingerprint density at radius 2 is 0.987 bits per heavy atom. The Balaban J connectivity index is 1.35. The fraction of sp³-hybridized carbons (Fsp3) is 0.558. The number of carbonyl (C=O) groups excluding carboxylic acids is 1. The number of carbonyl (C=O) groups is 5. The standard InChI is InChI=1S/C52H70F4N4O18/c1-70-17-18-71-19-20-72-21-22-73-23-24-74-25-26-75-27-28-77-44-30-37(6-9-41(44)52(69)78-51-49(55)42(53)31-43(54)50(51)56)3-2-16-76-40-7-4-38(5-8-40)29-39-32-59(35-47(65)66)13-12-57(33-45(61)62)10-11-58(34-46(63)64)14-15-60(39)36-48(67)68/h4-9,30-31,39H,2-3,10-29,32-36H2,1H3,(H,61,62)(H,63,64)(H,65,66)(H,67,68)/t39-/m0/s1. The second kappa shape index (κ2) is 36.2. The van der Waals surface area contributed by atoms with Crippen LogP contribution in [0.25, 0.3) is 0 Å². The largest absolute Gasteiger partial charge is 0.494 e. The van der Waals surface area contributed by atoms with E-state index in [-0.39, 0.29) is 116 Å². The third-order valence-corrected chi connectivity index (χ3v) is 11.8. The number of hydrogen-bond donors (Lipinski definition) is 4. The number of aliphatic carboxylic acids is 4. The summed E-state index contributed by atoms with van der Waals surface area (Å²) in [4.78, 5) is 67.3. The van der Waals surface area contributed by atoms with Crippen molar-refractivity contribution in [2.75, 3.05) is 165 Å². The van der Waals surface area contributed by atoms with Crippen molar-refractivity contribution in [2.45, 2.75) is 25.3 Å². The van der Waals surface area contributed by atoms with Crippen LogP contribution in [-0.2, 0) is 60.4 Å². The topological polar surface area (TPSA) is 262 Å².